The number of hydrogen-bond donors (Lipinski definition) is 1. The van der Waals surface area contributed by atoms with Crippen molar-refractivity contribution in [2.75, 3.05) is 14.1 Å². The Kier molecular flexibility index (Phi) is 4.29. The molecular weight excluding hydrogens is 273 g/mol. The highest BCUT2D eigenvalue weighted by atomic mass is 35.5. The molecule has 0 fully saturated rings. The van der Waals surface area contributed by atoms with E-state index in [-0.39, 0.29) is 5.82 Å². The number of aromatic nitrogens is 1. The third-order valence-corrected chi connectivity index (χ3v) is 3.64. The molecule has 2 aromatic rings. The zero-order chi connectivity index (χ0) is 13.1. The van der Waals surface area contributed by atoms with Crippen LogP contribution in [0.4, 0.5) is 4.39 Å². The lowest BCUT2D eigenvalue weighted by molar-refractivity contribution is 0.286. The summed E-state index contributed by atoms with van der Waals surface area (Å²) >= 11 is 7.45. The van der Waals surface area contributed by atoms with Gasteiger partial charge in [-0.3, -0.25) is 5.01 Å². The Morgan fingerprint density at radius 1 is 1.44 bits per heavy atom. The van der Waals surface area contributed by atoms with Gasteiger partial charge in [-0.15, -0.1) is 11.3 Å². The number of rotatable bonds is 4. The highest BCUT2D eigenvalue weighted by Gasteiger charge is 2.12. The largest absolute Gasteiger partial charge is 0.250 e. The van der Waals surface area contributed by atoms with Gasteiger partial charge in [-0.05, 0) is 12.1 Å². The van der Waals surface area contributed by atoms with Crippen molar-refractivity contribution in [2.45, 2.75) is 6.54 Å². The van der Waals surface area contributed by atoms with E-state index in [9.17, 15) is 4.39 Å². The molecule has 0 amide bonds. The quantitative estimate of drug-likeness (QED) is 0.875. The lowest BCUT2D eigenvalue weighted by Gasteiger charge is -2.09. The summed E-state index contributed by atoms with van der Waals surface area (Å²) in [4.78, 5) is 4.99. The fourth-order valence-corrected chi connectivity index (χ4v) is 2.70. The first-order chi connectivity index (χ1) is 8.58. The molecule has 6 heteroatoms. The van der Waals surface area contributed by atoms with E-state index < -0.39 is 0 Å². The number of thiazole rings is 1. The minimum absolute atomic E-state index is 0.321. The Labute approximate surface area is 114 Å². The van der Waals surface area contributed by atoms with Gasteiger partial charge in [0.25, 0.3) is 0 Å². The van der Waals surface area contributed by atoms with Crippen molar-refractivity contribution in [1.82, 2.24) is 15.4 Å². The van der Waals surface area contributed by atoms with E-state index in [4.69, 9.17) is 11.6 Å². The van der Waals surface area contributed by atoms with Gasteiger partial charge in [0.1, 0.15) is 10.8 Å². The number of hydrazine groups is 1. The fourth-order valence-electron chi connectivity index (χ4n) is 1.47. The zero-order valence-electron chi connectivity index (χ0n) is 10.1. The van der Waals surface area contributed by atoms with E-state index in [2.05, 4.69) is 10.4 Å². The van der Waals surface area contributed by atoms with Crippen LogP contribution in [-0.2, 0) is 6.54 Å². The van der Waals surface area contributed by atoms with E-state index in [1.54, 1.807) is 18.3 Å². The molecule has 0 aliphatic rings. The Balaban J connectivity index is 2.24. The number of nitrogens with zero attached hydrogens (tertiary/aromatic N) is 2. The van der Waals surface area contributed by atoms with Gasteiger partial charge in [-0.1, -0.05) is 17.7 Å². The molecule has 1 N–H and O–H groups in total. The summed E-state index contributed by atoms with van der Waals surface area (Å²) in [5.74, 6) is -0.321. The van der Waals surface area contributed by atoms with Crippen molar-refractivity contribution >= 4 is 22.9 Å². The summed E-state index contributed by atoms with van der Waals surface area (Å²) in [6.07, 6.45) is 1.65. The summed E-state index contributed by atoms with van der Waals surface area (Å²) in [6.45, 7) is 0.615. The average molecular weight is 286 g/mol. The molecule has 3 nitrogen and oxygen atoms in total. The van der Waals surface area contributed by atoms with Crippen LogP contribution in [0.25, 0.3) is 10.4 Å². The minimum atomic E-state index is -0.321. The average Bonchev–Trinajstić information content (AvgIpc) is 2.75. The second-order valence-electron chi connectivity index (χ2n) is 3.94. The van der Waals surface area contributed by atoms with Crippen LogP contribution >= 0.6 is 22.9 Å². The maximum absolute atomic E-state index is 13.7. The molecule has 96 valence electrons. The Morgan fingerprint density at radius 2 is 2.22 bits per heavy atom. The first-order valence-corrected chi connectivity index (χ1v) is 6.57. The Morgan fingerprint density at radius 3 is 2.89 bits per heavy atom. The van der Waals surface area contributed by atoms with Crippen molar-refractivity contribution in [1.29, 1.82) is 0 Å². The van der Waals surface area contributed by atoms with Gasteiger partial charge in [0, 0.05) is 25.9 Å². The topological polar surface area (TPSA) is 28.2 Å². The normalized spacial score (nSPS) is 11.2. The van der Waals surface area contributed by atoms with Gasteiger partial charge in [0.2, 0.25) is 0 Å². The van der Waals surface area contributed by atoms with Crippen LogP contribution in [0.3, 0.4) is 0 Å². The van der Waals surface area contributed by atoms with Crippen LogP contribution in [-0.4, -0.2) is 24.1 Å². The summed E-state index contributed by atoms with van der Waals surface area (Å²) in [5.41, 5.74) is 3.53. The molecule has 0 spiro atoms. The standard InChI is InChI=1S/C12H13ClFN3S/c1-17(2)16-7-11-15-6-10(18-11)12-8(13)4-3-5-9(12)14/h3-6,16H,7H2,1-2H3. The van der Waals surface area contributed by atoms with Crippen molar-refractivity contribution in [3.05, 3.63) is 40.2 Å². The third kappa shape index (κ3) is 3.05. The van der Waals surface area contributed by atoms with E-state index >= 15 is 0 Å². The molecule has 1 aromatic carbocycles. The van der Waals surface area contributed by atoms with E-state index in [1.807, 2.05) is 19.1 Å². The summed E-state index contributed by atoms with van der Waals surface area (Å²) < 4.78 is 13.7. The van der Waals surface area contributed by atoms with Crippen LogP contribution in [0.2, 0.25) is 5.02 Å². The molecule has 0 unspecified atom stereocenters. The van der Waals surface area contributed by atoms with Crippen molar-refractivity contribution in [3.63, 3.8) is 0 Å². The molecule has 0 saturated carbocycles. The molecule has 0 radical (unpaired) electrons. The van der Waals surface area contributed by atoms with Crippen LogP contribution in [0.5, 0.6) is 0 Å². The maximum Gasteiger partial charge on any atom is 0.133 e. The molecule has 1 heterocycles. The Bertz CT molecular complexity index is 522. The number of nitrogens with one attached hydrogen (secondary N) is 1. The second-order valence-corrected chi connectivity index (χ2v) is 5.47. The van der Waals surface area contributed by atoms with Crippen LogP contribution in [0, 0.1) is 5.82 Å². The van der Waals surface area contributed by atoms with Crippen LogP contribution < -0.4 is 5.43 Å². The number of halogens is 2. The molecule has 2 rings (SSSR count). The second kappa shape index (κ2) is 5.75. The highest BCUT2D eigenvalue weighted by Crippen LogP contribution is 2.34. The van der Waals surface area contributed by atoms with Gasteiger partial charge >= 0.3 is 0 Å². The molecule has 18 heavy (non-hydrogen) atoms. The molecular formula is C12H13ClFN3S. The smallest absolute Gasteiger partial charge is 0.133 e. The third-order valence-electron chi connectivity index (χ3n) is 2.31. The molecule has 0 bridgehead atoms. The van der Waals surface area contributed by atoms with E-state index in [0.29, 0.717) is 17.1 Å². The van der Waals surface area contributed by atoms with Gasteiger partial charge in [-0.2, -0.15) is 0 Å². The van der Waals surface area contributed by atoms with Crippen LogP contribution in [0.1, 0.15) is 5.01 Å². The maximum atomic E-state index is 13.7. The molecule has 0 aliphatic heterocycles. The van der Waals surface area contributed by atoms with E-state index in [0.717, 1.165) is 9.88 Å². The number of hydrogen-bond acceptors (Lipinski definition) is 4. The minimum Gasteiger partial charge on any atom is -0.250 e. The molecule has 0 saturated heterocycles. The molecule has 1 aromatic heterocycles. The van der Waals surface area contributed by atoms with Crippen molar-refractivity contribution in [3.8, 4) is 10.4 Å². The van der Waals surface area contributed by atoms with Crippen molar-refractivity contribution < 1.29 is 4.39 Å². The predicted octanol–water partition coefficient (Wildman–Crippen LogP) is 3.17. The predicted molar refractivity (Wildman–Crippen MR) is 73.0 cm³/mol. The summed E-state index contributed by atoms with van der Waals surface area (Å²) in [6, 6.07) is 4.67. The Hall–Kier alpha value is -1.01. The van der Waals surface area contributed by atoms with Gasteiger partial charge in [0.05, 0.1) is 16.4 Å². The SMILES string of the molecule is CN(C)NCc1ncc(-c2c(F)cccc2Cl)s1. The van der Waals surface area contributed by atoms with Gasteiger partial charge in [0.15, 0.2) is 0 Å². The molecule has 0 atom stereocenters. The van der Waals surface area contributed by atoms with Crippen molar-refractivity contribution in [2.24, 2.45) is 0 Å². The van der Waals surface area contributed by atoms with E-state index in [1.165, 1.54) is 17.4 Å². The number of benzene rings is 1. The van der Waals surface area contributed by atoms with Gasteiger partial charge in [-0.25, -0.2) is 14.8 Å². The first-order valence-electron chi connectivity index (χ1n) is 5.38. The van der Waals surface area contributed by atoms with Crippen LogP contribution in [0.15, 0.2) is 24.4 Å². The lowest BCUT2D eigenvalue weighted by Crippen LogP contribution is -2.29. The first kappa shape index (κ1) is 13.4. The highest BCUT2D eigenvalue weighted by molar-refractivity contribution is 7.15. The molecule has 0 aliphatic carbocycles. The zero-order valence-corrected chi connectivity index (χ0v) is 11.6. The fraction of sp³-hybridized carbons (Fsp3) is 0.250. The summed E-state index contributed by atoms with van der Waals surface area (Å²) in [5, 5.41) is 3.14. The summed E-state index contributed by atoms with van der Waals surface area (Å²) in [7, 11) is 3.81. The van der Waals surface area contributed by atoms with Gasteiger partial charge < -0.3 is 0 Å². The monoisotopic (exact) mass is 285 g/mol. The lowest BCUT2D eigenvalue weighted by atomic mass is 10.2.